The van der Waals surface area contributed by atoms with E-state index in [9.17, 15) is 4.79 Å². The zero-order chi connectivity index (χ0) is 19.6. The van der Waals surface area contributed by atoms with Gasteiger partial charge in [-0.15, -0.1) is 0 Å². The monoisotopic (exact) mass is 363 g/mol. The van der Waals surface area contributed by atoms with Crippen LogP contribution >= 0.6 is 0 Å². The van der Waals surface area contributed by atoms with Crippen molar-refractivity contribution in [2.24, 2.45) is 7.05 Å². The van der Waals surface area contributed by atoms with E-state index < -0.39 is 0 Å². The van der Waals surface area contributed by atoms with E-state index >= 15 is 0 Å². The lowest BCUT2D eigenvalue weighted by Gasteiger charge is -2.15. The molecular formula is C21H25N5O. The fraction of sp³-hybridized carbons (Fsp3) is 0.286. The maximum Gasteiger partial charge on any atom is 0.251 e. The van der Waals surface area contributed by atoms with E-state index in [1.165, 1.54) is 0 Å². The van der Waals surface area contributed by atoms with Gasteiger partial charge in [0.1, 0.15) is 0 Å². The fourth-order valence-electron chi connectivity index (χ4n) is 3.10. The van der Waals surface area contributed by atoms with Gasteiger partial charge in [-0.1, -0.05) is 6.07 Å². The molecule has 0 atom stereocenters. The second-order valence-corrected chi connectivity index (χ2v) is 6.70. The van der Waals surface area contributed by atoms with Crippen molar-refractivity contribution < 1.29 is 4.79 Å². The first-order chi connectivity index (χ1) is 12.9. The highest BCUT2D eigenvalue weighted by molar-refractivity contribution is 5.98. The predicted molar refractivity (Wildman–Crippen MR) is 108 cm³/mol. The van der Waals surface area contributed by atoms with Crippen molar-refractivity contribution in [3.8, 4) is 11.1 Å². The molecule has 0 aliphatic heterocycles. The predicted octanol–water partition coefficient (Wildman–Crippen LogP) is 3.38. The van der Waals surface area contributed by atoms with Crippen molar-refractivity contribution in [2.45, 2.75) is 27.3 Å². The Bertz CT molecular complexity index is 953. The van der Waals surface area contributed by atoms with Gasteiger partial charge >= 0.3 is 0 Å². The molecular weight excluding hydrogens is 338 g/mol. The van der Waals surface area contributed by atoms with Gasteiger partial charge in [0, 0.05) is 42.8 Å². The number of nitrogens with one attached hydrogen (secondary N) is 2. The highest BCUT2D eigenvalue weighted by Gasteiger charge is 2.15. The van der Waals surface area contributed by atoms with Gasteiger partial charge in [0.25, 0.3) is 5.91 Å². The lowest BCUT2D eigenvalue weighted by Crippen LogP contribution is -2.25. The van der Waals surface area contributed by atoms with Gasteiger partial charge in [-0.2, -0.15) is 0 Å². The summed E-state index contributed by atoms with van der Waals surface area (Å²) in [6.07, 6.45) is 3.59. The number of pyridine rings is 1. The largest absolute Gasteiger partial charge is 0.388 e. The summed E-state index contributed by atoms with van der Waals surface area (Å²) in [6.45, 7) is 6.28. The van der Waals surface area contributed by atoms with Crippen LogP contribution in [0.5, 0.6) is 0 Å². The normalized spacial score (nSPS) is 10.7. The van der Waals surface area contributed by atoms with Gasteiger partial charge in [0.05, 0.1) is 24.3 Å². The molecule has 140 valence electrons. The van der Waals surface area contributed by atoms with E-state index in [0.29, 0.717) is 12.1 Å². The molecule has 1 amide bonds. The summed E-state index contributed by atoms with van der Waals surface area (Å²) in [6, 6.07) is 7.96. The molecule has 0 radical (unpaired) electrons. The van der Waals surface area contributed by atoms with Crippen LogP contribution in [-0.2, 0) is 13.6 Å². The second kappa shape index (κ2) is 7.61. The summed E-state index contributed by atoms with van der Waals surface area (Å²) >= 11 is 0. The fourth-order valence-corrected chi connectivity index (χ4v) is 3.10. The van der Waals surface area contributed by atoms with Gasteiger partial charge in [0.15, 0.2) is 0 Å². The molecule has 2 heterocycles. The molecule has 1 aromatic carbocycles. The van der Waals surface area contributed by atoms with Crippen molar-refractivity contribution in [1.82, 2.24) is 19.9 Å². The van der Waals surface area contributed by atoms with E-state index in [2.05, 4.69) is 20.6 Å². The Morgan fingerprint density at radius 2 is 1.89 bits per heavy atom. The Morgan fingerprint density at radius 3 is 2.48 bits per heavy atom. The number of aryl methyl sites for hydroxylation is 3. The van der Waals surface area contributed by atoms with Crippen LogP contribution in [0.15, 0.2) is 36.8 Å². The van der Waals surface area contributed by atoms with Crippen LogP contribution in [0.1, 0.15) is 33.0 Å². The maximum atomic E-state index is 12.9. The van der Waals surface area contributed by atoms with Crippen molar-refractivity contribution in [1.29, 1.82) is 0 Å². The number of amides is 1. The van der Waals surface area contributed by atoms with Gasteiger partial charge in [0.2, 0.25) is 0 Å². The van der Waals surface area contributed by atoms with Gasteiger partial charge in [-0.05, 0) is 50.1 Å². The quantitative estimate of drug-likeness (QED) is 0.729. The first-order valence-corrected chi connectivity index (χ1v) is 8.91. The number of anilines is 1. The summed E-state index contributed by atoms with van der Waals surface area (Å²) in [7, 11) is 3.79. The minimum Gasteiger partial charge on any atom is -0.388 e. The van der Waals surface area contributed by atoms with Gasteiger partial charge in [-0.3, -0.25) is 9.78 Å². The molecule has 0 aliphatic carbocycles. The van der Waals surface area contributed by atoms with E-state index in [-0.39, 0.29) is 5.91 Å². The molecule has 0 aliphatic rings. The Morgan fingerprint density at radius 1 is 1.11 bits per heavy atom. The second-order valence-electron chi connectivity index (χ2n) is 6.70. The number of nitrogens with zero attached hydrogens (tertiary/aromatic N) is 3. The molecule has 6 heteroatoms. The third-order valence-corrected chi connectivity index (χ3v) is 4.85. The number of hydrogen-bond donors (Lipinski definition) is 2. The number of carbonyl (C=O) groups is 1. The average Bonchev–Trinajstić information content (AvgIpc) is 2.98. The van der Waals surface area contributed by atoms with Gasteiger partial charge in [-0.25, -0.2) is 4.98 Å². The maximum absolute atomic E-state index is 12.9. The minimum absolute atomic E-state index is 0.105. The van der Waals surface area contributed by atoms with E-state index in [1.807, 2.05) is 69.9 Å². The summed E-state index contributed by atoms with van der Waals surface area (Å²) in [4.78, 5) is 21.5. The van der Waals surface area contributed by atoms with E-state index in [0.717, 1.165) is 39.5 Å². The molecule has 3 rings (SSSR count). The highest BCUT2D eigenvalue weighted by Crippen LogP contribution is 2.28. The molecule has 0 unspecified atom stereocenters. The molecule has 2 aromatic heterocycles. The molecule has 2 N–H and O–H groups in total. The van der Waals surface area contributed by atoms with Crippen molar-refractivity contribution >= 4 is 11.6 Å². The summed E-state index contributed by atoms with van der Waals surface area (Å²) in [5, 5.41) is 6.21. The molecule has 6 nitrogen and oxygen atoms in total. The van der Waals surface area contributed by atoms with Crippen molar-refractivity contribution in [2.75, 3.05) is 12.4 Å². The van der Waals surface area contributed by atoms with Crippen LogP contribution in [0, 0.1) is 20.8 Å². The van der Waals surface area contributed by atoms with Crippen LogP contribution in [-0.4, -0.2) is 27.5 Å². The molecule has 0 saturated carbocycles. The third-order valence-electron chi connectivity index (χ3n) is 4.85. The first kappa shape index (κ1) is 18.6. The van der Waals surface area contributed by atoms with E-state index in [4.69, 9.17) is 0 Å². The summed E-state index contributed by atoms with van der Waals surface area (Å²) in [5.74, 6) is -0.105. The summed E-state index contributed by atoms with van der Waals surface area (Å²) in [5.41, 5.74) is 7.31. The average molecular weight is 363 g/mol. The van der Waals surface area contributed by atoms with Gasteiger partial charge < -0.3 is 15.2 Å². The molecule has 0 saturated heterocycles. The lowest BCUT2D eigenvalue weighted by atomic mass is 9.98. The standard InChI is InChI=1S/C21H25N5O/c1-13-6-7-16(10-23-13)17-8-18(14(2)19(9-17)22-4)21(27)24-11-20-15(3)25-12-26(20)5/h6-10,12,22H,11H2,1-5H3,(H,24,27). The van der Waals surface area contributed by atoms with Crippen LogP contribution in [0.3, 0.4) is 0 Å². The summed E-state index contributed by atoms with van der Waals surface area (Å²) < 4.78 is 1.93. The minimum atomic E-state index is -0.105. The number of rotatable bonds is 5. The molecule has 0 bridgehead atoms. The molecule has 0 fully saturated rings. The van der Waals surface area contributed by atoms with Crippen molar-refractivity contribution in [3.05, 3.63) is 65.0 Å². The first-order valence-electron chi connectivity index (χ1n) is 8.91. The smallest absolute Gasteiger partial charge is 0.251 e. The highest BCUT2D eigenvalue weighted by atomic mass is 16.1. The molecule has 0 spiro atoms. The number of hydrogen-bond acceptors (Lipinski definition) is 4. The SMILES string of the molecule is CNc1cc(-c2ccc(C)nc2)cc(C(=O)NCc2c(C)ncn2C)c1C. The zero-order valence-electron chi connectivity index (χ0n) is 16.4. The van der Waals surface area contributed by atoms with Crippen LogP contribution in [0.25, 0.3) is 11.1 Å². The topological polar surface area (TPSA) is 71.8 Å². The number of imidazole rings is 1. The molecule has 27 heavy (non-hydrogen) atoms. The number of aromatic nitrogens is 3. The third kappa shape index (κ3) is 3.84. The Balaban J connectivity index is 1.92. The number of carbonyl (C=O) groups excluding carboxylic acids is 1. The number of benzene rings is 1. The lowest BCUT2D eigenvalue weighted by molar-refractivity contribution is 0.0949. The van der Waals surface area contributed by atoms with Crippen LogP contribution in [0.4, 0.5) is 5.69 Å². The Labute approximate surface area is 159 Å². The molecule has 3 aromatic rings. The van der Waals surface area contributed by atoms with Crippen LogP contribution < -0.4 is 10.6 Å². The van der Waals surface area contributed by atoms with E-state index in [1.54, 1.807) is 6.33 Å². The Kier molecular flexibility index (Phi) is 5.26. The van der Waals surface area contributed by atoms with Crippen molar-refractivity contribution in [3.63, 3.8) is 0 Å². The Hall–Kier alpha value is -3.15. The zero-order valence-corrected chi connectivity index (χ0v) is 16.4. The van der Waals surface area contributed by atoms with Crippen LogP contribution in [0.2, 0.25) is 0 Å².